The van der Waals surface area contributed by atoms with E-state index in [9.17, 15) is 13.8 Å². The summed E-state index contributed by atoms with van der Waals surface area (Å²) in [6.45, 7) is 1.91. The van der Waals surface area contributed by atoms with Gasteiger partial charge in [0.1, 0.15) is 0 Å². The Hall–Kier alpha value is -3.05. The first-order chi connectivity index (χ1) is 13.1. The molecule has 0 unspecified atom stereocenters. The third-order valence-corrected chi connectivity index (χ3v) is 5.84. The zero-order chi connectivity index (χ0) is 19.2. The lowest BCUT2D eigenvalue weighted by atomic mass is 10.0. The molecule has 0 amide bonds. The van der Waals surface area contributed by atoms with Gasteiger partial charge in [-0.05, 0) is 48.2 Å². The molecule has 1 heterocycles. The molecule has 27 heavy (non-hydrogen) atoms. The van der Waals surface area contributed by atoms with Gasteiger partial charge in [0.15, 0.2) is 0 Å². The predicted octanol–water partition coefficient (Wildman–Crippen LogP) is 4.07. The predicted molar refractivity (Wildman–Crippen MR) is 103 cm³/mol. The largest absolute Gasteiger partial charge is 0.392 e. The summed E-state index contributed by atoms with van der Waals surface area (Å²) < 4.78 is 16.4. The molecule has 0 aromatic heterocycles. The minimum atomic E-state index is -0.990. The molecule has 0 saturated carbocycles. The van der Waals surface area contributed by atoms with E-state index in [2.05, 4.69) is 16.9 Å². The van der Waals surface area contributed by atoms with Gasteiger partial charge in [0.25, 0.3) is 0 Å². The third-order valence-electron chi connectivity index (χ3n) is 4.25. The standard InChI is InChI=1S/C13H10OS.C9H8O3/c14-15-12-7-3-1-5-10(12)9-11-6-2-4-8-13(11)15;1-7-4-2-3-5-8(7)9(11)12-6-10/h1-8H,9H2;2-6H,1H3. The van der Waals surface area contributed by atoms with Crippen LogP contribution >= 0.6 is 0 Å². The Morgan fingerprint density at radius 3 is 1.96 bits per heavy atom. The first-order valence-electron chi connectivity index (χ1n) is 8.39. The smallest absolute Gasteiger partial charge is 0.345 e. The van der Waals surface area contributed by atoms with Crippen LogP contribution in [-0.4, -0.2) is 16.7 Å². The van der Waals surface area contributed by atoms with E-state index in [1.165, 1.54) is 11.1 Å². The number of hydrogen-bond acceptors (Lipinski definition) is 4. The van der Waals surface area contributed by atoms with Gasteiger partial charge in [-0.25, -0.2) is 9.00 Å². The summed E-state index contributed by atoms with van der Waals surface area (Å²) in [6.07, 6.45) is 0.901. The molecule has 4 nitrogen and oxygen atoms in total. The van der Waals surface area contributed by atoms with E-state index in [1.54, 1.807) is 25.1 Å². The van der Waals surface area contributed by atoms with Crippen molar-refractivity contribution in [1.82, 2.24) is 0 Å². The molecule has 0 N–H and O–H groups in total. The number of rotatable bonds is 2. The SMILES string of the molecule is Cc1ccccc1C(=O)OC=O.O=S1c2ccccc2Cc2ccccc21. The molecule has 0 atom stereocenters. The molecule has 3 aromatic rings. The number of aryl methyl sites for hydroxylation is 1. The lowest BCUT2D eigenvalue weighted by molar-refractivity contribution is -0.123. The fourth-order valence-corrected chi connectivity index (χ4v) is 4.29. The van der Waals surface area contributed by atoms with Gasteiger partial charge in [0.05, 0.1) is 16.4 Å². The number of ether oxygens (including phenoxy) is 1. The van der Waals surface area contributed by atoms with Gasteiger partial charge < -0.3 is 4.74 Å². The van der Waals surface area contributed by atoms with Crippen molar-refractivity contribution in [2.24, 2.45) is 0 Å². The number of benzene rings is 3. The summed E-state index contributed by atoms with van der Waals surface area (Å²) >= 11 is 0. The Balaban J connectivity index is 0.000000161. The van der Waals surface area contributed by atoms with E-state index >= 15 is 0 Å². The van der Waals surface area contributed by atoms with E-state index in [-0.39, 0.29) is 6.47 Å². The first kappa shape index (κ1) is 18.7. The topological polar surface area (TPSA) is 60.4 Å². The number of carbonyl (C=O) groups is 2. The maximum atomic E-state index is 12.2. The van der Waals surface area contributed by atoms with Gasteiger partial charge in [-0.1, -0.05) is 54.6 Å². The summed E-state index contributed by atoms with van der Waals surface area (Å²) in [5, 5.41) is 0. The molecule has 0 saturated heterocycles. The molecule has 3 aromatic carbocycles. The van der Waals surface area contributed by atoms with Crippen LogP contribution in [0.1, 0.15) is 27.0 Å². The zero-order valence-corrected chi connectivity index (χ0v) is 15.6. The van der Waals surface area contributed by atoms with Crippen LogP contribution in [0.4, 0.5) is 0 Å². The number of esters is 1. The van der Waals surface area contributed by atoms with Crippen molar-refractivity contribution >= 4 is 23.2 Å². The van der Waals surface area contributed by atoms with Crippen molar-refractivity contribution in [3.63, 3.8) is 0 Å². The van der Waals surface area contributed by atoms with Crippen LogP contribution < -0.4 is 0 Å². The Bertz CT molecular complexity index is 963. The highest BCUT2D eigenvalue weighted by atomic mass is 32.2. The second-order valence-corrected chi connectivity index (χ2v) is 7.39. The highest BCUT2D eigenvalue weighted by Gasteiger charge is 2.20. The van der Waals surface area contributed by atoms with Crippen molar-refractivity contribution in [3.05, 3.63) is 95.1 Å². The number of hydrogen-bond donors (Lipinski definition) is 0. The Kier molecular flexibility index (Phi) is 5.94. The Morgan fingerprint density at radius 1 is 0.889 bits per heavy atom. The van der Waals surface area contributed by atoms with Crippen molar-refractivity contribution < 1.29 is 18.5 Å². The van der Waals surface area contributed by atoms with Gasteiger partial charge in [-0.15, -0.1) is 0 Å². The lowest BCUT2D eigenvalue weighted by Gasteiger charge is -2.18. The fraction of sp³-hybridized carbons (Fsp3) is 0.0909. The Labute approximate surface area is 160 Å². The maximum Gasteiger partial charge on any atom is 0.345 e. The van der Waals surface area contributed by atoms with Crippen LogP contribution in [0.5, 0.6) is 0 Å². The highest BCUT2D eigenvalue weighted by molar-refractivity contribution is 7.85. The van der Waals surface area contributed by atoms with Gasteiger partial charge in [0, 0.05) is 9.79 Å². The van der Waals surface area contributed by atoms with Gasteiger partial charge in [-0.2, -0.15) is 0 Å². The second-order valence-electron chi connectivity index (χ2n) is 5.98. The van der Waals surface area contributed by atoms with Gasteiger partial charge in [-0.3, -0.25) is 4.79 Å². The lowest BCUT2D eigenvalue weighted by Crippen LogP contribution is -2.08. The molecule has 5 heteroatoms. The average molecular weight is 378 g/mol. The molecule has 0 spiro atoms. The van der Waals surface area contributed by atoms with E-state index in [0.717, 1.165) is 21.8 Å². The third kappa shape index (κ3) is 4.20. The van der Waals surface area contributed by atoms with Crippen LogP contribution in [-0.2, 0) is 26.8 Å². The molecule has 0 bridgehead atoms. The first-order valence-corrected chi connectivity index (χ1v) is 9.54. The van der Waals surface area contributed by atoms with Crippen LogP contribution in [0, 0.1) is 6.92 Å². The Morgan fingerprint density at radius 2 is 1.41 bits per heavy atom. The minimum absolute atomic E-state index is 0.134. The summed E-state index contributed by atoms with van der Waals surface area (Å²) in [7, 11) is -0.990. The van der Waals surface area contributed by atoms with Crippen LogP contribution in [0.25, 0.3) is 0 Å². The average Bonchev–Trinajstić information content (AvgIpc) is 2.69. The van der Waals surface area contributed by atoms with Gasteiger partial charge >= 0.3 is 12.4 Å². The minimum Gasteiger partial charge on any atom is -0.392 e. The molecule has 1 aliphatic rings. The normalized spacial score (nSPS) is 12.0. The van der Waals surface area contributed by atoms with Crippen LogP contribution in [0.3, 0.4) is 0 Å². The summed E-state index contributed by atoms with van der Waals surface area (Å²) in [5.41, 5.74) is 3.60. The summed E-state index contributed by atoms with van der Waals surface area (Å²) in [6, 6.07) is 22.9. The molecular weight excluding hydrogens is 360 g/mol. The van der Waals surface area contributed by atoms with Crippen LogP contribution in [0.15, 0.2) is 82.6 Å². The molecule has 136 valence electrons. The van der Waals surface area contributed by atoms with E-state index in [4.69, 9.17) is 0 Å². The van der Waals surface area contributed by atoms with E-state index in [0.29, 0.717) is 5.56 Å². The number of carbonyl (C=O) groups excluding carboxylic acids is 2. The fourth-order valence-electron chi connectivity index (χ4n) is 2.89. The van der Waals surface area contributed by atoms with E-state index < -0.39 is 16.8 Å². The molecule has 0 radical (unpaired) electrons. The quantitative estimate of drug-likeness (QED) is 0.300. The van der Waals surface area contributed by atoms with Crippen molar-refractivity contribution in [3.8, 4) is 0 Å². The van der Waals surface area contributed by atoms with Gasteiger partial charge in [0.2, 0.25) is 0 Å². The number of fused-ring (bicyclic) bond motifs is 2. The summed E-state index contributed by atoms with van der Waals surface area (Å²) in [4.78, 5) is 22.8. The van der Waals surface area contributed by atoms with Crippen molar-refractivity contribution in [2.75, 3.05) is 0 Å². The monoisotopic (exact) mass is 378 g/mol. The molecule has 4 rings (SSSR count). The van der Waals surface area contributed by atoms with Crippen molar-refractivity contribution in [2.45, 2.75) is 23.1 Å². The highest BCUT2D eigenvalue weighted by Crippen LogP contribution is 2.30. The maximum absolute atomic E-state index is 12.2. The zero-order valence-electron chi connectivity index (χ0n) is 14.8. The molecule has 0 fully saturated rings. The van der Waals surface area contributed by atoms with Crippen molar-refractivity contribution in [1.29, 1.82) is 0 Å². The van der Waals surface area contributed by atoms with Crippen LogP contribution in [0.2, 0.25) is 0 Å². The molecule has 0 aliphatic carbocycles. The second kappa shape index (κ2) is 8.56. The molecule has 1 aliphatic heterocycles. The van der Waals surface area contributed by atoms with E-state index in [1.807, 2.05) is 42.5 Å². The summed E-state index contributed by atoms with van der Waals surface area (Å²) in [5.74, 6) is -0.608. The molecular formula is C22H18O4S.